The summed E-state index contributed by atoms with van der Waals surface area (Å²) in [5.74, 6) is 0. The fourth-order valence-electron chi connectivity index (χ4n) is 2.18. The summed E-state index contributed by atoms with van der Waals surface area (Å²) in [5, 5.41) is 8.04. The first kappa shape index (κ1) is 18.8. The molecular formula is C10H23N2NaO4S. The molecule has 2 N–H and O–H groups in total. The number of hydrogen-bond donors (Lipinski definition) is 2. The van der Waals surface area contributed by atoms with E-state index in [0.717, 1.165) is 19.5 Å². The van der Waals surface area contributed by atoms with Gasteiger partial charge in [0.1, 0.15) is 5.37 Å². The number of hydrogen-bond acceptors (Lipinski definition) is 5. The summed E-state index contributed by atoms with van der Waals surface area (Å²) < 4.78 is 31.8. The summed E-state index contributed by atoms with van der Waals surface area (Å²) in [4.78, 5) is 3.90. The van der Waals surface area contributed by atoms with E-state index in [4.69, 9.17) is 5.11 Å². The van der Waals surface area contributed by atoms with Crippen LogP contribution in [0, 0.1) is 0 Å². The molecule has 1 fully saturated rings. The van der Waals surface area contributed by atoms with Gasteiger partial charge in [0.05, 0.1) is 6.61 Å². The van der Waals surface area contributed by atoms with Crippen molar-refractivity contribution in [3.63, 3.8) is 0 Å². The molecule has 0 aromatic rings. The van der Waals surface area contributed by atoms with Crippen LogP contribution in [0.25, 0.3) is 0 Å². The Kier molecular flexibility index (Phi) is 9.25. The van der Waals surface area contributed by atoms with E-state index in [0.29, 0.717) is 26.1 Å². The predicted molar refractivity (Wildman–Crippen MR) is 72.5 cm³/mol. The van der Waals surface area contributed by atoms with Crippen molar-refractivity contribution in [1.82, 2.24) is 9.80 Å². The zero-order valence-electron chi connectivity index (χ0n) is 10.2. The van der Waals surface area contributed by atoms with E-state index >= 15 is 0 Å². The van der Waals surface area contributed by atoms with Gasteiger partial charge in [0, 0.05) is 32.7 Å². The quantitative estimate of drug-likeness (QED) is 0.480. The molecule has 0 radical (unpaired) electrons. The van der Waals surface area contributed by atoms with E-state index in [-0.39, 0.29) is 36.2 Å². The standard InChI is InChI=1S/C10H22N2O4S.Na.H/c1-2-3-10(17(14,15)16)12-6-4-11(5-7-12)8-9-13;;/h10,13H,2-9H2,1H3,(H,14,15,16);;. The summed E-state index contributed by atoms with van der Waals surface area (Å²) in [6.07, 6.45) is 1.18. The predicted octanol–water partition coefficient (Wildman–Crippen LogP) is -1.04. The average Bonchev–Trinajstić information content (AvgIpc) is 2.26. The van der Waals surface area contributed by atoms with Crippen molar-refractivity contribution in [2.45, 2.75) is 25.1 Å². The van der Waals surface area contributed by atoms with Gasteiger partial charge in [-0.2, -0.15) is 8.42 Å². The monoisotopic (exact) mass is 290 g/mol. The summed E-state index contributed by atoms with van der Waals surface area (Å²) >= 11 is 0. The van der Waals surface area contributed by atoms with Crippen LogP contribution < -0.4 is 0 Å². The minimum atomic E-state index is -4.00. The molecule has 6 nitrogen and oxygen atoms in total. The van der Waals surface area contributed by atoms with Crippen LogP contribution in [0.4, 0.5) is 0 Å². The van der Waals surface area contributed by atoms with Crippen LogP contribution in [-0.4, -0.2) is 102 Å². The number of β-amino-alcohol motifs (C(OH)–C–C–N with tert-alkyl or cyclic N) is 1. The molecule has 18 heavy (non-hydrogen) atoms. The normalized spacial score (nSPS) is 20.4. The van der Waals surface area contributed by atoms with Gasteiger partial charge in [0.2, 0.25) is 0 Å². The molecule has 8 heteroatoms. The van der Waals surface area contributed by atoms with Crippen LogP contribution in [0.5, 0.6) is 0 Å². The van der Waals surface area contributed by atoms with Crippen LogP contribution in [0.1, 0.15) is 19.8 Å². The van der Waals surface area contributed by atoms with Crippen molar-refractivity contribution in [2.75, 3.05) is 39.3 Å². The van der Waals surface area contributed by atoms with Gasteiger partial charge < -0.3 is 5.11 Å². The van der Waals surface area contributed by atoms with Gasteiger partial charge in [-0.15, -0.1) is 0 Å². The molecule has 0 amide bonds. The molecule has 1 unspecified atom stereocenters. The van der Waals surface area contributed by atoms with E-state index in [1.54, 1.807) is 0 Å². The van der Waals surface area contributed by atoms with Gasteiger partial charge >= 0.3 is 29.6 Å². The summed E-state index contributed by atoms with van der Waals surface area (Å²) in [5.41, 5.74) is 0. The second-order valence-electron chi connectivity index (χ2n) is 4.36. The average molecular weight is 290 g/mol. The Morgan fingerprint density at radius 3 is 2.17 bits per heavy atom. The third kappa shape index (κ3) is 5.83. The molecule has 0 aliphatic carbocycles. The Balaban J connectivity index is 0.00000289. The van der Waals surface area contributed by atoms with Gasteiger partial charge in [-0.3, -0.25) is 14.4 Å². The van der Waals surface area contributed by atoms with E-state index < -0.39 is 15.5 Å². The van der Waals surface area contributed by atoms with Gasteiger partial charge in [-0.1, -0.05) is 13.3 Å². The third-order valence-corrected chi connectivity index (χ3v) is 4.33. The van der Waals surface area contributed by atoms with Gasteiger partial charge in [0.25, 0.3) is 10.1 Å². The molecular weight excluding hydrogens is 267 g/mol. The van der Waals surface area contributed by atoms with Crippen molar-refractivity contribution < 1.29 is 18.1 Å². The zero-order chi connectivity index (χ0) is 12.9. The van der Waals surface area contributed by atoms with Crippen LogP contribution >= 0.6 is 0 Å². The molecule has 1 saturated heterocycles. The van der Waals surface area contributed by atoms with Crippen molar-refractivity contribution >= 4 is 39.7 Å². The van der Waals surface area contributed by atoms with E-state index in [9.17, 15) is 13.0 Å². The Hall–Kier alpha value is 0.790. The molecule has 0 spiro atoms. The summed E-state index contributed by atoms with van der Waals surface area (Å²) in [6, 6.07) is 0. The first-order chi connectivity index (χ1) is 7.99. The fraction of sp³-hybridized carbons (Fsp3) is 1.00. The fourth-order valence-corrected chi connectivity index (χ4v) is 3.30. The molecule has 0 aromatic carbocycles. The Morgan fingerprint density at radius 2 is 1.78 bits per heavy atom. The van der Waals surface area contributed by atoms with Gasteiger partial charge in [-0.25, -0.2) is 0 Å². The minimum absolute atomic E-state index is 0. The first-order valence-corrected chi connectivity index (χ1v) is 7.53. The SMILES string of the molecule is CCCC(N1CCN(CCO)CC1)S(=O)(=O)O.[NaH]. The van der Waals surface area contributed by atoms with Crippen LogP contribution in [0.3, 0.4) is 0 Å². The first-order valence-electron chi connectivity index (χ1n) is 6.02. The number of piperazine rings is 1. The van der Waals surface area contributed by atoms with Gasteiger partial charge in [0.15, 0.2) is 0 Å². The Bertz CT molecular complexity index is 318. The maximum absolute atomic E-state index is 11.3. The molecule has 1 aliphatic heterocycles. The van der Waals surface area contributed by atoms with E-state index in [1.165, 1.54) is 0 Å². The topological polar surface area (TPSA) is 81.1 Å². The summed E-state index contributed by atoms with van der Waals surface area (Å²) in [7, 11) is -4.00. The number of nitrogens with zero attached hydrogens (tertiary/aromatic N) is 2. The Labute approximate surface area is 131 Å². The van der Waals surface area contributed by atoms with E-state index in [1.807, 2.05) is 11.8 Å². The molecule has 104 valence electrons. The number of aliphatic hydroxyl groups excluding tert-OH is 1. The molecule has 0 bridgehead atoms. The molecule has 1 rings (SSSR count). The van der Waals surface area contributed by atoms with Crippen LogP contribution in [0.2, 0.25) is 0 Å². The second-order valence-corrected chi connectivity index (χ2v) is 5.93. The van der Waals surface area contributed by atoms with Crippen molar-refractivity contribution in [2.24, 2.45) is 0 Å². The van der Waals surface area contributed by atoms with Crippen LogP contribution in [-0.2, 0) is 10.1 Å². The second kappa shape index (κ2) is 8.86. The van der Waals surface area contributed by atoms with Crippen molar-refractivity contribution in [3.05, 3.63) is 0 Å². The van der Waals surface area contributed by atoms with Gasteiger partial charge in [-0.05, 0) is 6.42 Å². The van der Waals surface area contributed by atoms with Crippen LogP contribution in [0.15, 0.2) is 0 Å². The van der Waals surface area contributed by atoms with Crippen molar-refractivity contribution in [3.8, 4) is 0 Å². The Morgan fingerprint density at radius 1 is 1.22 bits per heavy atom. The third-order valence-electron chi connectivity index (χ3n) is 3.11. The molecule has 1 aliphatic rings. The summed E-state index contributed by atoms with van der Waals surface area (Å²) in [6.45, 7) is 5.34. The van der Waals surface area contributed by atoms with E-state index in [2.05, 4.69) is 4.90 Å². The van der Waals surface area contributed by atoms with Crippen molar-refractivity contribution in [1.29, 1.82) is 0 Å². The molecule has 0 aromatic heterocycles. The molecule has 0 saturated carbocycles. The molecule has 1 atom stereocenters. The molecule has 1 heterocycles. The maximum atomic E-state index is 11.3. The zero-order valence-corrected chi connectivity index (χ0v) is 11.1. The number of aliphatic hydroxyl groups is 1. The number of rotatable bonds is 6.